The minimum atomic E-state index is -1.64. The highest BCUT2D eigenvalue weighted by Crippen LogP contribution is 2.20. The molecule has 0 aromatic heterocycles. The first-order chi connectivity index (χ1) is 9.38. The van der Waals surface area contributed by atoms with E-state index in [1.54, 1.807) is 0 Å². The smallest absolute Gasteiger partial charge is 0.258 e. The van der Waals surface area contributed by atoms with E-state index in [4.69, 9.17) is 0 Å². The van der Waals surface area contributed by atoms with Gasteiger partial charge >= 0.3 is 0 Å². The van der Waals surface area contributed by atoms with Gasteiger partial charge in [-0.1, -0.05) is 15.9 Å². The summed E-state index contributed by atoms with van der Waals surface area (Å²) in [6, 6.07) is 4.91. The minimum Gasteiger partial charge on any atom is -0.322 e. The first kappa shape index (κ1) is 14.5. The van der Waals surface area contributed by atoms with E-state index in [2.05, 4.69) is 21.2 Å². The molecule has 0 aliphatic rings. The van der Waals surface area contributed by atoms with E-state index in [0.717, 1.165) is 6.07 Å². The fourth-order valence-electron chi connectivity index (χ4n) is 1.50. The summed E-state index contributed by atoms with van der Waals surface area (Å²) in [4.78, 5) is 11.7. The maximum atomic E-state index is 13.5. The lowest BCUT2D eigenvalue weighted by molar-refractivity contribution is 0.102. The second kappa shape index (κ2) is 5.62. The lowest BCUT2D eigenvalue weighted by atomic mass is 10.2. The molecule has 1 N–H and O–H groups in total. The number of hydrogen-bond donors (Lipinski definition) is 1. The molecule has 0 saturated heterocycles. The van der Waals surface area contributed by atoms with Crippen molar-refractivity contribution in [3.8, 4) is 0 Å². The van der Waals surface area contributed by atoms with Gasteiger partial charge in [-0.25, -0.2) is 17.6 Å². The molecular weight excluding hydrogens is 342 g/mol. The SMILES string of the molecule is O=C(Nc1cc(F)c(F)c(F)c1)c1ccc(Br)cc1F. The highest BCUT2D eigenvalue weighted by Gasteiger charge is 2.15. The van der Waals surface area contributed by atoms with Gasteiger partial charge < -0.3 is 5.32 Å². The van der Waals surface area contributed by atoms with Gasteiger partial charge in [-0.05, 0) is 18.2 Å². The molecule has 0 fully saturated rings. The molecule has 1 amide bonds. The van der Waals surface area contributed by atoms with Gasteiger partial charge in [0, 0.05) is 22.3 Å². The first-order valence-electron chi connectivity index (χ1n) is 5.29. The molecule has 20 heavy (non-hydrogen) atoms. The van der Waals surface area contributed by atoms with Crippen molar-refractivity contribution in [2.45, 2.75) is 0 Å². The maximum Gasteiger partial charge on any atom is 0.258 e. The van der Waals surface area contributed by atoms with Crippen molar-refractivity contribution in [3.63, 3.8) is 0 Å². The lowest BCUT2D eigenvalue weighted by Gasteiger charge is -2.07. The zero-order valence-corrected chi connectivity index (χ0v) is 11.3. The average Bonchev–Trinajstić information content (AvgIpc) is 2.35. The molecule has 2 rings (SSSR count). The predicted molar refractivity (Wildman–Crippen MR) is 68.4 cm³/mol. The van der Waals surface area contributed by atoms with E-state index in [9.17, 15) is 22.4 Å². The third kappa shape index (κ3) is 2.98. The third-order valence-electron chi connectivity index (χ3n) is 2.42. The maximum absolute atomic E-state index is 13.5. The van der Waals surface area contributed by atoms with Crippen LogP contribution in [0.3, 0.4) is 0 Å². The number of hydrogen-bond acceptors (Lipinski definition) is 1. The van der Waals surface area contributed by atoms with E-state index < -0.39 is 29.2 Å². The molecule has 2 aromatic rings. The van der Waals surface area contributed by atoms with Gasteiger partial charge in [-0.15, -0.1) is 0 Å². The number of carbonyl (C=O) groups is 1. The second-order valence-electron chi connectivity index (χ2n) is 3.83. The number of nitrogens with one attached hydrogen (secondary N) is 1. The van der Waals surface area contributed by atoms with E-state index in [1.807, 2.05) is 0 Å². The van der Waals surface area contributed by atoms with Crippen LogP contribution in [0.1, 0.15) is 10.4 Å². The lowest BCUT2D eigenvalue weighted by Crippen LogP contribution is -2.14. The largest absolute Gasteiger partial charge is 0.322 e. The first-order valence-corrected chi connectivity index (χ1v) is 6.08. The van der Waals surface area contributed by atoms with Gasteiger partial charge in [0.25, 0.3) is 5.91 Å². The zero-order valence-electron chi connectivity index (χ0n) is 9.68. The number of halogens is 5. The van der Waals surface area contributed by atoms with Crippen molar-refractivity contribution in [3.05, 3.63) is 63.6 Å². The fourth-order valence-corrected chi connectivity index (χ4v) is 1.83. The molecule has 0 atom stereocenters. The summed E-state index contributed by atoms with van der Waals surface area (Å²) in [6.07, 6.45) is 0. The Bertz CT molecular complexity index is 667. The van der Waals surface area contributed by atoms with E-state index in [-0.39, 0.29) is 11.3 Å². The Morgan fingerprint density at radius 2 is 1.55 bits per heavy atom. The molecule has 0 radical (unpaired) electrons. The Balaban J connectivity index is 2.28. The van der Waals surface area contributed by atoms with Crippen LogP contribution < -0.4 is 5.32 Å². The summed E-state index contributed by atoms with van der Waals surface area (Å²) in [7, 11) is 0. The van der Waals surface area contributed by atoms with Crippen LogP contribution in [0.2, 0.25) is 0 Å². The quantitative estimate of drug-likeness (QED) is 0.638. The van der Waals surface area contributed by atoms with Crippen LogP contribution in [0.4, 0.5) is 23.2 Å². The van der Waals surface area contributed by atoms with Crippen molar-refractivity contribution in [2.75, 3.05) is 5.32 Å². The van der Waals surface area contributed by atoms with Crippen molar-refractivity contribution in [2.24, 2.45) is 0 Å². The van der Waals surface area contributed by atoms with Crippen LogP contribution in [-0.4, -0.2) is 5.91 Å². The van der Waals surface area contributed by atoms with Gasteiger partial charge in [-0.3, -0.25) is 4.79 Å². The molecule has 0 aliphatic heterocycles. The van der Waals surface area contributed by atoms with Crippen LogP contribution >= 0.6 is 15.9 Å². The molecule has 0 spiro atoms. The Labute approximate surface area is 119 Å². The molecule has 0 saturated carbocycles. The highest BCUT2D eigenvalue weighted by molar-refractivity contribution is 9.10. The predicted octanol–water partition coefficient (Wildman–Crippen LogP) is 4.26. The molecule has 2 aromatic carbocycles. The van der Waals surface area contributed by atoms with Gasteiger partial charge in [0.2, 0.25) is 0 Å². The Kier molecular flexibility index (Phi) is 4.08. The van der Waals surface area contributed by atoms with Gasteiger partial charge in [0.05, 0.1) is 5.56 Å². The van der Waals surface area contributed by atoms with Crippen LogP contribution in [-0.2, 0) is 0 Å². The molecule has 0 aliphatic carbocycles. The van der Waals surface area contributed by atoms with Crippen molar-refractivity contribution < 1.29 is 22.4 Å². The summed E-state index contributed by atoms with van der Waals surface area (Å²) in [5.74, 6) is -6.24. The summed E-state index contributed by atoms with van der Waals surface area (Å²) in [6.45, 7) is 0. The number of amides is 1. The molecular formula is C13H6BrF4NO. The standard InChI is InChI=1S/C13H6BrF4NO/c14-6-1-2-8(9(15)3-6)13(20)19-7-4-10(16)12(18)11(17)5-7/h1-5H,(H,19,20). The van der Waals surface area contributed by atoms with Crippen LogP contribution in [0.25, 0.3) is 0 Å². The fraction of sp³-hybridized carbons (Fsp3) is 0. The monoisotopic (exact) mass is 347 g/mol. The molecule has 2 nitrogen and oxygen atoms in total. The third-order valence-corrected chi connectivity index (χ3v) is 2.91. The molecule has 0 bridgehead atoms. The highest BCUT2D eigenvalue weighted by atomic mass is 79.9. The van der Waals surface area contributed by atoms with Crippen LogP contribution in [0.15, 0.2) is 34.8 Å². The zero-order chi connectivity index (χ0) is 14.9. The molecule has 0 unspecified atom stereocenters. The molecule has 0 heterocycles. The summed E-state index contributed by atoms with van der Waals surface area (Å²) in [5, 5.41) is 2.09. The van der Waals surface area contributed by atoms with E-state index >= 15 is 0 Å². The van der Waals surface area contributed by atoms with Crippen molar-refractivity contribution >= 4 is 27.5 Å². The van der Waals surface area contributed by atoms with Gasteiger partial charge in [0.15, 0.2) is 17.5 Å². The van der Waals surface area contributed by atoms with Crippen molar-refractivity contribution in [1.82, 2.24) is 0 Å². The number of carbonyl (C=O) groups excluding carboxylic acids is 1. The van der Waals surface area contributed by atoms with Crippen molar-refractivity contribution in [1.29, 1.82) is 0 Å². The molecule has 7 heteroatoms. The minimum absolute atomic E-state index is 0.307. The normalized spacial score (nSPS) is 10.4. The summed E-state index contributed by atoms with van der Waals surface area (Å²) < 4.78 is 52.7. The van der Waals surface area contributed by atoms with Gasteiger partial charge in [-0.2, -0.15) is 0 Å². The van der Waals surface area contributed by atoms with E-state index in [0.29, 0.717) is 16.6 Å². The second-order valence-corrected chi connectivity index (χ2v) is 4.75. The Morgan fingerprint density at radius 1 is 0.950 bits per heavy atom. The topological polar surface area (TPSA) is 29.1 Å². The Hall–Kier alpha value is -1.89. The summed E-state index contributed by atoms with van der Waals surface area (Å²) in [5.41, 5.74) is -0.618. The average molecular weight is 348 g/mol. The summed E-state index contributed by atoms with van der Waals surface area (Å²) >= 11 is 3.03. The number of rotatable bonds is 2. The van der Waals surface area contributed by atoms with Crippen LogP contribution in [0.5, 0.6) is 0 Å². The van der Waals surface area contributed by atoms with Crippen LogP contribution in [0, 0.1) is 23.3 Å². The molecule has 104 valence electrons. The number of benzene rings is 2. The van der Waals surface area contributed by atoms with Gasteiger partial charge in [0.1, 0.15) is 5.82 Å². The van der Waals surface area contributed by atoms with E-state index in [1.165, 1.54) is 12.1 Å². The number of anilines is 1. The Morgan fingerprint density at radius 3 is 2.10 bits per heavy atom.